The monoisotopic (exact) mass is 341 g/mol. The Morgan fingerprint density at radius 1 is 1.08 bits per heavy atom. The molecule has 2 fully saturated rings. The molecular weight excluding hydrogens is 314 g/mol. The predicted molar refractivity (Wildman–Crippen MR) is 96.8 cm³/mol. The molecule has 6 heteroatoms. The molecule has 4 rings (SSSR count). The highest BCUT2D eigenvalue weighted by Gasteiger charge is 2.35. The molecule has 25 heavy (non-hydrogen) atoms. The third-order valence-electron chi connectivity index (χ3n) is 5.98. The SMILES string of the molecule is Cn1cc(-c2nn(C)cc2NC(=O)[C@@H]2CC[C@@H]3CCCC[C@H]3C2)cn1. The van der Waals surface area contributed by atoms with Gasteiger partial charge in [-0.15, -0.1) is 0 Å². The van der Waals surface area contributed by atoms with Gasteiger partial charge in [-0.1, -0.05) is 25.7 Å². The van der Waals surface area contributed by atoms with E-state index in [4.69, 9.17) is 0 Å². The molecule has 0 unspecified atom stereocenters. The summed E-state index contributed by atoms with van der Waals surface area (Å²) in [6.07, 6.45) is 14.3. The van der Waals surface area contributed by atoms with Crippen molar-refractivity contribution < 1.29 is 4.79 Å². The summed E-state index contributed by atoms with van der Waals surface area (Å²) in [5.41, 5.74) is 2.50. The van der Waals surface area contributed by atoms with E-state index in [2.05, 4.69) is 15.5 Å². The van der Waals surface area contributed by atoms with Crippen LogP contribution in [0.15, 0.2) is 18.6 Å². The Labute approximate surface area is 148 Å². The quantitative estimate of drug-likeness (QED) is 0.931. The van der Waals surface area contributed by atoms with Gasteiger partial charge in [0.15, 0.2) is 0 Å². The maximum absolute atomic E-state index is 12.9. The summed E-state index contributed by atoms with van der Waals surface area (Å²) in [4.78, 5) is 12.9. The molecule has 0 aliphatic heterocycles. The van der Waals surface area contributed by atoms with Crippen molar-refractivity contribution in [2.45, 2.75) is 44.9 Å². The van der Waals surface area contributed by atoms with Crippen LogP contribution in [0.5, 0.6) is 0 Å². The van der Waals surface area contributed by atoms with Gasteiger partial charge in [-0.25, -0.2) is 0 Å². The Hall–Kier alpha value is -2.11. The smallest absolute Gasteiger partial charge is 0.227 e. The second-order valence-electron chi connectivity index (χ2n) is 7.77. The van der Waals surface area contributed by atoms with Gasteiger partial charge in [0, 0.05) is 38.0 Å². The van der Waals surface area contributed by atoms with Gasteiger partial charge >= 0.3 is 0 Å². The summed E-state index contributed by atoms with van der Waals surface area (Å²) >= 11 is 0. The molecule has 0 aromatic carbocycles. The van der Waals surface area contributed by atoms with Gasteiger partial charge in [-0.05, 0) is 31.1 Å². The minimum Gasteiger partial charge on any atom is -0.323 e. The molecule has 2 heterocycles. The van der Waals surface area contributed by atoms with Crippen LogP contribution in [-0.4, -0.2) is 25.5 Å². The van der Waals surface area contributed by atoms with Gasteiger partial charge < -0.3 is 5.32 Å². The summed E-state index contributed by atoms with van der Waals surface area (Å²) in [6.45, 7) is 0. The fourth-order valence-electron chi connectivity index (χ4n) is 4.68. The summed E-state index contributed by atoms with van der Waals surface area (Å²) in [7, 11) is 3.76. The fraction of sp³-hybridized carbons (Fsp3) is 0.632. The zero-order chi connectivity index (χ0) is 17.4. The maximum Gasteiger partial charge on any atom is 0.227 e. The number of hydrogen-bond donors (Lipinski definition) is 1. The number of carbonyl (C=O) groups is 1. The van der Waals surface area contributed by atoms with Crippen LogP contribution in [0.2, 0.25) is 0 Å². The number of fused-ring (bicyclic) bond motifs is 1. The second-order valence-corrected chi connectivity index (χ2v) is 7.77. The second kappa shape index (κ2) is 6.65. The number of nitrogens with one attached hydrogen (secondary N) is 1. The van der Waals surface area contributed by atoms with Gasteiger partial charge in [0.25, 0.3) is 0 Å². The first-order valence-corrected chi connectivity index (χ1v) is 9.43. The molecule has 0 saturated heterocycles. The number of carbonyl (C=O) groups excluding carboxylic acids is 1. The van der Waals surface area contributed by atoms with Crippen molar-refractivity contribution in [3.8, 4) is 11.3 Å². The number of amides is 1. The summed E-state index contributed by atoms with van der Waals surface area (Å²) in [5.74, 6) is 1.91. The Bertz CT molecular complexity index is 762. The lowest BCUT2D eigenvalue weighted by Gasteiger charge is -2.38. The van der Waals surface area contributed by atoms with E-state index >= 15 is 0 Å². The van der Waals surface area contributed by atoms with Crippen molar-refractivity contribution in [1.82, 2.24) is 19.6 Å². The Morgan fingerprint density at radius 2 is 1.88 bits per heavy atom. The van der Waals surface area contributed by atoms with E-state index in [1.807, 2.05) is 26.5 Å². The van der Waals surface area contributed by atoms with Gasteiger partial charge in [0.1, 0.15) is 5.69 Å². The molecule has 134 valence electrons. The molecule has 2 aromatic heterocycles. The Morgan fingerprint density at radius 3 is 2.64 bits per heavy atom. The van der Waals surface area contributed by atoms with Crippen molar-refractivity contribution in [3.05, 3.63) is 18.6 Å². The van der Waals surface area contributed by atoms with Crippen LogP contribution in [0.1, 0.15) is 44.9 Å². The lowest BCUT2D eigenvalue weighted by atomic mass is 9.67. The van der Waals surface area contributed by atoms with E-state index in [0.29, 0.717) is 0 Å². The van der Waals surface area contributed by atoms with Crippen molar-refractivity contribution in [2.75, 3.05) is 5.32 Å². The van der Waals surface area contributed by atoms with E-state index in [9.17, 15) is 4.79 Å². The van der Waals surface area contributed by atoms with Crippen LogP contribution in [-0.2, 0) is 18.9 Å². The van der Waals surface area contributed by atoms with Crippen molar-refractivity contribution in [2.24, 2.45) is 31.8 Å². The van der Waals surface area contributed by atoms with Crippen LogP contribution < -0.4 is 5.32 Å². The molecule has 6 nitrogen and oxygen atoms in total. The summed E-state index contributed by atoms with van der Waals surface area (Å²) in [5, 5.41) is 11.9. The lowest BCUT2D eigenvalue weighted by Crippen LogP contribution is -2.33. The van der Waals surface area contributed by atoms with Gasteiger partial charge in [-0.3, -0.25) is 14.2 Å². The first-order chi connectivity index (χ1) is 12.1. The van der Waals surface area contributed by atoms with E-state index in [-0.39, 0.29) is 11.8 Å². The number of rotatable bonds is 3. The molecule has 0 radical (unpaired) electrons. The Balaban J connectivity index is 1.48. The third kappa shape index (κ3) is 3.34. The molecular formula is C19H27N5O. The first kappa shape index (κ1) is 16.4. The first-order valence-electron chi connectivity index (χ1n) is 9.43. The van der Waals surface area contributed by atoms with Crippen LogP contribution in [0.25, 0.3) is 11.3 Å². The van der Waals surface area contributed by atoms with Crippen LogP contribution in [0.4, 0.5) is 5.69 Å². The fourth-order valence-corrected chi connectivity index (χ4v) is 4.68. The van der Waals surface area contributed by atoms with E-state index in [1.165, 1.54) is 32.1 Å². The number of nitrogens with zero attached hydrogens (tertiary/aromatic N) is 4. The molecule has 0 spiro atoms. The topological polar surface area (TPSA) is 64.7 Å². The summed E-state index contributed by atoms with van der Waals surface area (Å²) < 4.78 is 3.50. The lowest BCUT2D eigenvalue weighted by molar-refractivity contribution is -0.122. The molecule has 2 saturated carbocycles. The number of aryl methyl sites for hydroxylation is 2. The minimum atomic E-state index is 0.140. The highest BCUT2D eigenvalue weighted by molar-refractivity contribution is 5.95. The van der Waals surface area contributed by atoms with E-state index in [0.717, 1.165) is 41.6 Å². The molecule has 1 amide bonds. The molecule has 2 aliphatic rings. The molecule has 1 N–H and O–H groups in total. The standard InChI is InChI=1S/C19H27N5O/c1-23-11-16(10-20-23)18-17(12-24(2)22-18)21-19(25)15-8-7-13-5-3-4-6-14(13)9-15/h10-15H,3-9H2,1-2H3,(H,21,25)/t13-,14-,15+/m0/s1. The van der Waals surface area contributed by atoms with Crippen molar-refractivity contribution in [1.29, 1.82) is 0 Å². The molecule has 2 aliphatic carbocycles. The maximum atomic E-state index is 12.9. The highest BCUT2D eigenvalue weighted by Crippen LogP contribution is 2.43. The number of anilines is 1. The summed E-state index contributed by atoms with van der Waals surface area (Å²) in [6, 6.07) is 0. The number of hydrogen-bond acceptors (Lipinski definition) is 3. The Kier molecular flexibility index (Phi) is 4.36. The van der Waals surface area contributed by atoms with Crippen LogP contribution >= 0.6 is 0 Å². The average Bonchev–Trinajstić information content (AvgIpc) is 3.19. The highest BCUT2D eigenvalue weighted by atomic mass is 16.1. The normalized spacial score (nSPS) is 26.2. The van der Waals surface area contributed by atoms with Gasteiger partial charge in [0.05, 0.1) is 11.9 Å². The van der Waals surface area contributed by atoms with E-state index < -0.39 is 0 Å². The predicted octanol–water partition coefficient (Wildman–Crippen LogP) is 3.37. The van der Waals surface area contributed by atoms with E-state index in [1.54, 1.807) is 15.6 Å². The largest absolute Gasteiger partial charge is 0.323 e. The van der Waals surface area contributed by atoms with Crippen LogP contribution in [0.3, 0.4) is 0 Å². The number of aromatic nitrogens is 4. The van der Waals surface area contributed by atoms with Crippen molar-refractivity contribution in [3.63, 3.8) is 0 Å². The molecule has 3 atom stereocenters. The van der Waals surface area contributed by atoms with Gasteiger partial charge in [-0.2, -0.15) is 10.2 Å². The van der Waals surface area contributed by atoms with Gasteiger partial charge in [0.2, 0.25) is 5.91 Å². The molecule has 0 bridgehead atoms. The third-order valence-corrected chi connectivity index (χ3v) is 5.98. The van der Waals surface area contributed by atoms with Crippen molar-refractivity contribution >= 4 is 11.6 Å². The van der Waals surface area contributed by atoms with Crippen LogP contribution in [0, 0.1) is 17.8 Å². The molecule has 2 aromatic rings. The minimum absolute atomic E-state index is 0.140. The zero-order valence-corrected chi connectivity index (χ0v) is 15.1. The average molecular weight is 341 g/mol. The zero-order valence-electron chi connectivity index (χ0n) is 15.1.